The third-order valence-corrected chi connectivity index (χ3v) is 3.75. The average molecular weight is 362 g/mol. The van der Waals surface area contributed by atoms with Crippen molar-refractivity contribution in [3.05, 3.63) is 68.7 Å². The predicted molar refractivity (Wildman–Crippen MR) is 79.3 cm³/mol. The van der Waals surface area contributed by atoms with Crippen LogP contribution in [0.25, 0.3) is 0 Å². The number of hydrogen-bond acceptors (Lipinski definition) is 2. The van der Waals surface area contributed by atoms with Crippen LogP contribution in [0.2, 0.25) is 5.02 Å². The number of hydrazine groups is 1. The molecule has 0 fully saturated rings. The van der Waals surface area contributed by atoms with Crippen molar-refractivity contribution < 1.29 is 8.78 Å². The Bertz CT molecular complexity index is 602. The maximum atomic E-state index is 13.4. The second kappa shape index (κ2) is 6.63. The van der Waals surface area contributed by atoms with E-state index in [-0.39, 0.29) is 17.7 Å². The second-order valence-corrected chi connectivity index (χ2v) is 5.68. The Morgan fingerprint density at radius 1 is 1.15 bits per heavy atom. The molecule has 0 saturated carbocycles. The van der Waals surface area contributed by atoms with Crippen molar-refractivity contribution in [3.8, 4) is 0 Å². The Hall–Kier alpha value is -1.01. The highest BCUT2D eigenvalue weighted by Crippen LogP contribution is 2.26. The molecule has 0 aliphatic rings. The van der Waals surface area contributed by atoms with Crippen LogP contribution in [0, 0.1) is 11.6 Å². The molecule has 3 N–H and O–H groups in total. The quantitative estimate of drug-likeness (QED) is 0.635. The monoisotopic (exact) mass is 360 g/mol. The molecule has 0 saturated heterocycles. The van der Waals surface area contributed by atoms with Crippen LogP contribution in [0.5, 0.6) is 0 Å². The summed E-state index contributed by atoms with van der Waals surface area (Å²) in [4.78, 5) is 0. The minimum Gasteiger partial charge on any atom is -0.271 e. The molecule has 0 bridgehead atoms. The number of nitrogens with one attached hydrogen (secondary N) is 1. The smallest absolute Gasteiger partial charge is 0.124 e. The lowest BCUT2D eigenvalue weighted by Crippen LogP contribution is -2.29. The molecule has 2 aromatic carbocycles. The first kappa shape index (κ1) is 15.4. The molecular formula is C14H12BrClF2N2. The minimum absolute atomic E-state index is 0.350. The highest BCUT2D eigenvalue weighted by Gasteiger charge is 2.14. The van der Waals surface area contributed by atoms with Gasteiger partial charge in [-0.1, -0.05) is 27.5 Å². The molecule has 1 atom stereocenters. The van der Waals surface area contributed by atoms with E-state index in [0.717, 1.165) is 0 Å². The van der Waals surface area contributed by atoms with E-state index in [9.17, 15) is 8.78 Å². The Labute approximate surface area is 129 Å². The third kappa shape index (κ3) is 3.76. The standard InChI is InChI=1S/C14H12BrClF2N2/c15-10-3-9(5-12(18)7-10)14(20-19)6-8-4-11(17)1-2-13(8)16/h1-5,7,14,20H,6,19H2. The van der Waals surface area contributed by atoms with Gasteiger partial charge in [-0.25, -0.2) is 8.78 Å². The number of rotatable bonds is 4. The first-order valence-corrected chi connectivity index (χ1v) is 7.02. The summed E-state index contributed by atoms with van der Waals surface area (Å²) in [6.45, 7) is 0. The molecule has 2 aromatic rings. The van der Waals surface area contributed by atoms with Crippen molar-refractivity contribution >= 4 is 27.5 Å². The van der Waals surface area contributed by atoms with Gasteiger partial charge in [0.25, 0.3) is 0 Å². The molecule has 0 aliphatic heterocycles. The van der Waals surface area contributed by atoms with E-state index in [2.05, 4.69) is 21.4 Å². The van der Waals surface area contributed by atoms with Gasteiger partial charge in [0.05, 0.1) is 6.04 Å². The Balaban J connectivity index is 2.30. The van der Waals surface area contributed by atoms with Crippen LogP contribution < -0.4 is 11.3 Å². The molecule has 0 radical (unpaired) electrons. The van der Waals surface area contributed by atoms with Crippen molar-refractivity contribution in [2.24, 2.45) is 5.84 Å². The Kier molecular flexibility index (Phi) is 5.10. The maximum absolute atomic E-state index is 13.4. The van der Waals surface area contributed by atoms with Gasteiger partial charge >= 0.3 is 0 Å². The predicted octanol–water partition coefficient (Wildman–Crippen LogP) is 4.13. The zero-order valence-corrected chi connectivity index (χ0v) is 12.7. The van der Waals surface area contributed by atoms with Gasteiger partial charge in [0.15, 0.2) is 0 Å². The summed E-state index contributed by atoms with van der Waals surface area (Å²) in [5.74, 6) is 4.77. The summed E-state index contributed by atoms with van der Waals surface area (Å²) < 4.78 is 27.3. The van der Waals surface area contributed by atoms with Gasteiger partial charge in [-0.2, -0.15) is 0 Å². The molecule has 0 spiro atoms. The molecule has 2 rings (SSSR count). The molecule has 1 unspecified atom stereocenters. The fourth-order valence-corrected chi connectivity index (χ4v) is 2.65. The van der Waals surface area contributed by atoms with E-state index in [0.29, 0.717) is 27.0 Å². The lowest BCUT2D eigenvalue weighted by Gasteiger charge is -2.17. The molecule has 0 amide bonds. The van der Waals surface area contributed by atoms with Crippen molar-refractivity contribution in [2.75, 3.05) is 0 Å². The van der Waals surface area contributed by atoms with Crippen molar-refractivity contribution in [2.45, 2.75) is 12.5 Å². The van der Waals surface area contributed by atoms with Crippen LogP contribution >= 0.6 is 27.5 Å². The fourth-order valence-electron chi connectivity index (χ4n) is 1.97. The fraction of sp³-hybridized carbons (Fsp3) is 0.143. The first-order chi connectivity index (χ1) is 9.49. The SMILES string of the molecule is NNC(Cc1cc(F)ccc1Cl)c1cc(F)cc(Br)c1. The van der Waals surface area contributed by atoms with Gasteiger partial charge in [0.1, 0.15) is 11.6 Å². The van der Waals surface area contributed by atoms with Crippen LogP contribution in [0.3, 0.4) is 0 Å². The van der Waals surface area contributed by atoms with Crippen LogP contribution in [0.1, 0.15) is 17.2 Å². The molecule has 0 heterocycles. The van der Waals surface area contributed by atoms with E-state index in [1.165, 1.54) is 30.3 Å². The van der Waals surface area contributed by atoms with Crippen molar-refractivity contribution in [3.63, 3.8) is 0 Å². The second-order valence-electron chi connectivity index (χ2n) is 4.36. The van der Waals surface area contributed by atoms with Crippen molar-refractivity contribution in [1.82, 2.24) is 5.43 Å². The highest BCUT2D eigenvalue weighted by atomic mass is 79.9. The minimum atomic E-state index is -0.375. The number of benzene rings is 2. The molecule has 2 nitrogen and oxygen atoms in total. The van der Waals surface area contributed by atoms with E-state index >= 15 is 0 Å². The van der Waals surface area contributed by atoms with Crippen LogP contribution in [-0.2, 0) is 6.42 Å². The number of nitrogens with two attached hydrogens (primary N) is 1. The maximum Gasteiger partial charge on any atom is 0.124 e. The van der Waals surface area contributed by atoms with E-state index in [4.69, 9.17) is 17.4 Å². The summed E-state index contributed by atoms with van der Waals surface area (Å²) in [6.07, 6.45) is 0.350. The highest BCUT2D eigenvalue weighted by molar-refractivity contribution is 9.10. The summed E-state index contributed by atoms with van der Waals surface area (Å²) in [6, 6.07) is 8.23. The normalized spacial score (nSPS) is 12.4. The van der Waals surface area contributed by atoms with Gasteiger partial charge in [-0.15, -0.1) is 0 Å². The van der Waals surface area contributed by atoms with E-state index in [1.807, 2.05) is 0 Å². The van der Waals surface area contributed by atoms with Gasteiger partial charge in [-0.05, 0) is 53.9 Å². The first-order valence-electron chi connectivity index (χ1n) is 5.85. The topological polar surface area (TPSA) is 38.0 Å². The van der Waals surface area contributed by atoms with Gasteiger partial charge in [0, 0.05) is 9.50 Å². The lowest BCUT2D eigenvalue weighted by atomic mass is 9.99. The summed E-state index contributed by atoms with van der Waals surface area (Å²) in [5, 5.41) is 0.446. The van der Waals surface area contributed by atoms with Crippen molar-refractivity contribution in [1.29, 1.82) is 0 Å². The largest absolute Gasteiger partial charge is 0.271 e. The number of halogens is 4. The molecular weight excluding hydrogens is 350 g/mol. The molecule has 106 valence electrons. The van der Waals surface area contributed by atoms with E-state index < -0.39 is 0 Å². The zero-order chi connectivity index (χ0) is 14.7. The van der Waals surface area contributed by atoms with E-state index in [1.54, 1.807) is 6.07 Å². The average Bonchev–Trinajstić information content (AvgIpc) is 2.38. The summed E-state index contributed by atoms with van der Waals surface area (Å²) in [5.41, 5.74) is 3.86. The van der Waals surface area contributed by atoms with Gasteiger partial charge < -0.3 is 0 Å². The lowest BCUT2D eigenvalue weighted by molar-refractivity contribution is 0.541. The summed E-state index contributed by atoms with van der Waals surface area (Å²) in [7, 11) is 0. The van der Waals surface area contributed by atoms with Crippen LogP contribution in [0.15, 0.2) is 40.9 Å². The Morgan fingerprint density at radius 2 is 1.90 bits per heavy atom. The number of hydrogen-bond donors (Lipinski definition) is 2. The van der Waals surface area contributed by atoms with Crippen LogP contribution in [0.4, 0.5) is 8.78 Å². The van der Waals surface area contributed by atoms with Crippen LogP contribution in [-0.4, -0.2) is 0 Å². The molecule has 6 heteroatoms. The van der Waals surface area contributed by atoms with Gasteiger partial charge in [0.2, 0.25) is 0 Å². The molecule has 0 aromatic heterocycles. The third-order valence-electron chi connectivity index (χ3n) is 2.92. The zero-order valence-electron chi connectivity index (χ0n) is 10.3. The molecule has 0 aliphatic carbocycles. The Morgan fingerprint density at radius 3 is 2.55 bits per heavy atom. The van der Waals surface area contributed by atoms with Gasteiger partial charge in [-0.3, -0.25) is 11.3 Å². The molecule has 20 heavy (non-hydrogen) atoms. The summed E-state index contributed by atoms with van der Waals surface area (Å²) >= 11 is 9.26.